The highest BCUT2D eigenvalue weighted by Gasteiger charge is 2.34. The van der Waals surface area contributed by atoms with E-state index in [1.54, 1.807) is 4.90 Å². The van der Waals surface area contributed by atoms with E-state index < -0.39 is 35.5 Å². The zero-order valence-electron chi connectivity index (χ0n) is 11.5. The molecule has 0 unspecified atom stereocenters. The van der Waals surface area contributed by atoms with E-state index in [4.69, 9.17) is 5.11 Å². The molecular weight excluding hydrogens is 306 g/mol. The second kappa shape index (κ2) is 6.21. The number of alkyl halides is 3. The van der Waals surface area contributed by atoms with Gasteiger partial charge in [0.25, 0.3) is 0 Å². The van der Waals surface area contributed by atoms with E-state index in [2.05, 4.69) is 0 Å². The lowest BCUT2D eigenvalue weighted by molar-refractivity contribution is -0.149. The van der Waals surface area contributed by atoms with E-state index in [9.17, 15) is 27.5 Å². The first-order chi connectivity index (χ1) is 10.2. The number of halogens is 4. The standard InChI is InChI=1S/C14H15F4NO3/c15-10-4-8(3-9(5-10)14(16,17)18)6-19-2-1-12(20)11(7-19)13(21)22/h3-5,11-12,20H,1-2,6-7H2,(H,21,22)/t11-,12+/m0/s1. The molecule has 1 aliphatic rings. The van der Waals surface area contributed by atoms with E-state index in [-0.39, 0.29) is 25.1 Å². The highest BCUT2D eigenvalue weighted by molar-refractivity contribution is 5.71. The van der Waals surface area contributed by atoms with Crippen LogP contribution in [0.25, 0.3) is 0 Å². The van der Waals surface area contributed by atoms with Gasteiger partial charge in [0, 0.05) is 19.6 Å². The first-order valence-corrected chi connectivity index (χ1v) is 6.66. The average molecular weight is 321 g/mol. The molecule has 0 spiro atoms. The van der Waals surface area contributed by atoms with Gasteiger partial charge in [-0.1, -0.05) is 0 Å². The molecule has 22 heavy (non-hydrogen) atoms. The molecule has 1 aromatic carbocycles. The monoisotopic (exact) mass is 321 g/mol. The summed E-state index contributed by atoms with van der Waals surface area (Å²) in [5.74, 6) is -3.14. The quantitative estimate of drug-likeness (QED) is 0.837. The summed E-state index contributed by atoms with van der Waals surface area (Å²) < 4.78 is 51.3. The SMILES string of the molecule is O=C(O)[C@H]1CN(Cc2cc(F)cc(C(F)(F)F)c2)CC[C@H]1O. The third-order valence-corrected chi connectivity index (χ3v) is 3.67. The highest BCUT2D eigenvalue weighted by Crippen LogP contribution is 2.31. The normalized spacial score (nSPS) is 23.5. The van der Waals surface area contributed by atoms with Crippen LogP contribution >= 0.6 is 0 Å². The maximum Gasteiger partial charge on any atom is 0.416 e. The second-order valence-corrected chi connectivity index (χ2v) is 5.38. The summed E-state index contributed by atoms with van der Waals surface area (Å²) in [6, 6.07) is 2.27. The number of aliphatic hydroxyl groups excluding tert-OH is 1. The van der Waals surface area contributed by atoms with Crippen molar-refractivity contribution >= 4 is 5.97 Å². The number of aliphatic hydroxyl groups is 1. The van der Waals surface area contributed by atoms with Crippen molar-refractivity contribution in [3.05, 3.63) is 35.1 Å². The van der Waals surface area contributed by atoms with Gasteiger partial charge in [-0.05, 0) is 30.2 Å². The Morgan fingerprint density at radius 1 is 1.32 bits per heavy atom. The van der Waals surface area contributed by atoms with Gasteiger partial charge in [0.1, 0.15) is 5.82 Å². The van der Waals surface area contributed by atoms with Gasteiger partial charge >= 0.3 is 12.1 Å². The summed E-state index contributed by atoms with van der Waals surface area (Å²) >= 11 is 0. The fraction of sp³-hybridized carbons (Fsp3) is 0.500. The summed E-state index contributed by atoms with van der Waals surface area (Å²) in [6.45, 7) is 0.342. The number of carboxylic acid groups (broad SMARTS) is 1. The molecule has 0 aromatic heterocycles. The molecule has 0 saturated carbocycles. The van der Waals surface area contributed by atoms with Crippen LogP contribution < -0.4 is 0 Å². The number of carbonyl (C=O) groups is 1. The molecule has 8 heteroatoms. The molecule has 2 atom stereocenters. The van der Waals surface area contributed by atoms with Gasteiger partial charge in [0.15, 0.2) is 0 Å². The predicted octanol–water partition coefficient (Wildman–Crippen LogP) is 2.11. The van der Waals surface area contributed by atoms with Crippen LogP contribution in [0.2, 0.25) is 0 Å². The molecule has 1 aliphatic heterocycles. The van der Waals surface area contributed by atoms with Crippen molar-refractivity contribution in [2.24, 2.45) is 5.92 Å². The lowest BCUT2D eigenvalue weighted by Gasteiger charge is -2.34. The molecule has 0 bridgehead atoms. The zero-order valence-corrected chi connectivity index (χ0v) is 11.5. The number of nitrogens with zero attached hydrogens (tertiary/aromatic N) is 1. The summed E-state index contributed by atoms with van der Waals surface area (Å²) in [6.07, 6.45) is -5.41. The van der Waals surface area contributed by atoms with Crippen LogP contribution in [0.4, 0.5) is 17.6 Å². The number of rotatable bonds is 3. The third-order valence-electron chi connectivity index (χ3n) is 3.67. The molecule has 0 aliphatic carbocycles. The maximum absolute atomic E-state index is 13.3. The molecule has 1 aromatic rings. The first-order valence-electron chi connectivity index (χ1n) is 6.66. The summed E-state index contributed by atoms with van der Waals surface area (Å²) in [5.41, 5.74) is -0.956. The average Bonchev–Trinajstić information content (AvgIpc) is 2.39. The van der Waals surface area contributed by atoms with Gasteiger partial charge in [-0.2, -0.15) is 13.2 Å². The minimum absolute atomic E-state index is 0.00264. The molecule has 1 saturated heterocycles. The number of aliphatic carboxylic acids is 1. The molecule has 1 heterocycles. The third kappa shape index (κ3) is 3.95. The second-order valence-electron chi connectivity index (χ2n) is 5.38. The number of carboxylic acids is 1. The van der Waals surface area contributed by atoms with Crippen LogP contribution in [-0.4, -0.2) is 40.3 Å². The van der Waals surface area contributed by atoms with Gasteiger partial charge in [0.05, 0.1) is 17.6 Å². The van der Waals surface area contributed by atoms with Gasteiger partial charge < -0.3 is 10.2 Å². The van der Waals surface area contributed by atoms with Crippen molar-refractivity contribution in [3.63, 3.8) is 0 Å². The smallest absolute Gasteiger partial charge is 0.416 e. The minimum Gasteiger partial charge on any atom is -0.481 e. The van der Waals surface area contributed by atoms with Crippen LogP contribution in [0, 0.1) is 11.7 Å². The predicted molar refractivity (Wildman–Crippen MR) is 68.4 cm³/mol. The molecule has 0 amide bonds. The van der Waals surface area contributed by atoms with E-state index >= 15 is 0 Å². The minimum atomic E-state index is -4.64. The van der Waals surface area contributed by atoms with Crippen molar-refractivity contribution in [1.82, 2.24) is 4.90 Å². The summed E-state index contributed by atoms with van der Waals surface area (Å²) in [4.78, 5) is 12.6. The summed E-state index contributed by atoms with van der Waals surface area (Å²) in [7, 11) is 0. The van der Waals surface area contributed by atoms with Crippen molar-refractivity contribution < 1.29 is 32.6 Å². The van der Waals surface area contributed by atoms with Crippen LogP contribution in [-0.2, 0) is 17.5 Å². The Kier molecular flexibility index (Phi) is 4.72. The number of hydrogen-bond acceptors (Lipinski definition) is 3. The number of benzene rings is 1. The lowest BCUT2D eigenvalue weighted by atomic mass is 9.94. The van der Waals surface area contributed by atoms with E-state index in [0.717, 1.165) is 12.1 Å². The van der Waals surface area contributed by atoms with E-state index in [0.29, 0.717) is 12.6 Å². The van der Waals surface area contributed by atoms with Crippen LogP contribution in [0.1, 0.15) is 17.5 Å². The zero-order chi connectivity index (χ0) is 16.5. The Morgan fingerprint density at radius 2 is 2.00 bits per heavy atom. The number of piperidine rings is 1. The fourth-order valence-corrected chi connectivity index (χ4v) is 2.56. The molecule has 2 rings (SSSR count). The Morgan fingerprint density at radius 3 is 2.59 bits per heavy atom. The van der Waals surface area contributed by atoms with Gasteiger partial charge in [-0.15, -0.1) is 0 Å². The molecule has 2 N–H and O–H groups in total. The Balaban J connectivity index is 2.14. The molecule has 1 fully saturated rings. The number of hydrogen-bond donors (Lipinski definition) is 2. The fourth-order valence-electron chi connectivity index (χ4n) is 2.56. The van der Waals surface area contributed by atoms with Crippen LogP contribution in [0.15, 0.2) is 18.2 Å². The Bertz CT molecular complexity index is 562. The van der Waals surface area contributed by atoms with E-state index in [1.165, 1.54) is 0 Å². The van der Waals surface area contributed by atoms with Gasteiger partial charge in [-0.3, -0.25) is 9.69 Å². The molecule has 4 nitrogen and oxygen atoms in total. The topological polar surface area (TPSA) is 60.8 Å². The van der Waals surface area contributed by atoms with Crippen molar-refractivity contribution in [2.75, 3.05) is 13.1 Å². The van der Waals surface area contributed by atoms with Crippen LogP contribution in [0.3, 0.4) is 0 Å². The van der Waals surface area contributed by atoms with E-state index in [1.807, 2.05) is 0 Å². The first kappa shape index (κ1) is 16.7. The van der Waals surface area contributed by atoms with Gasteiger partial charge in [-0.25, -0.2) is 4.39 Å². The Labute approximate surface area is 124 Å². The highest BCUT2D eigenvalue weighted by atomic mass is 19.4. The lowest BCUT2D eigenvalue weighted by Crippen LogP contribution is -2.46. The summed E-state index contributed by atoms with van der Waals surface area (Å²) in [5, 5.41) is 18.6. The van der Waals surface area contributed by atoms with Gasteiger partial charge in [0.2, 0.25) is 0 Å². The van der Waals surface area contributed by atoms with Crippen molar-refractivity contribution in [2.45, 2.75) is 25.2 Å². The molecule has 122 valence electrons. The molecule has 0 radical (unpaired) electrons. The Hall–Kier alpha value is -1.67. The van der Waals surface area contributed by atoms with Crippen molar-refractivity contribution in [3.8, 4) is 0 Å². The molecular formula is C14H15F4NO3. The van der Waals surface area contributed by atoms with Crippen LogP contribution in [0.5, 0.6) is 0 Å². The number of likely N-dealkylation sites (tertiary alicyclic amines) is 1. The largest absolute Gasteiger partial charge is 0.481 e. The van der Waals surface area contributed by atoms with Crippen molar-refractivity contribution in [1.29, 1.82) is 0 Å². The maximum atomic E-state index is 13.3.